The summed E-state index contributed by atoms with van der Waals surface area (Å²) in [5.74, 6) is 0. The summed E-state index contributed by atoms with van der Waals surface area (Å²) in [6.07, 6.45) is -1.84. The first kappa shape index (κ1) is 18.6. The van der Waals surface area contributed by atoms with Crippen molar-refractivity contribution in [2.24, 2.45) is 0 Å². The molecule has 1 aromatic heterocycles. The summed E-state index contributed by atoms with van der Waals surface area (Å²) in [5.41, 5.74) is 0.754. The Morgan fingerprint density at radius 2 is 1.96 bits per heavy atom. The fourth-order valence-electron chi connectivity index (χ4n) is 2.96. The number of aliphatic hydroxyl groups is 4. The molecule has 140 valence electrons. The number of aliphatic hydroxyl groups excluding tert-OH is 4. The van der Waals surface area contributed by atoms with Crippen LogP contribution in [-0.2, 0) is 4.74 Å². The first-order valence-electron chi connectivity index (χ1n) is 8.22. The molecule has 0 amide bonds. The van der Waals surface area contributed by atoms with Gasteiger partial charge >= 0.3 is 5.63 Å². The number of hydrogen-bond donors (Lipinski definition) is 5. The van der Waals surface area contributed by atoms with E-state index in [1.807, 2.05) is 0 Å². The molecule has 0 saturated carbocycles. The van der Waals surface area contributed by atoms with Crippen LogP contribution in [0.1, 0.15) is 12.5 Å². The van der Waals surface area contributed by atoms with Gasteiger partial charge in [0.15, 0.2) is 6.29 Å². The largest absolute Gasteiger partial charge is 0.422 e. The van der Waals surface area contributed by atoms with Gasteiger partial charge < -0.3 is 34.9 Å². The monoisotopic (exact) mass is 363 g/mol. The standard InChI is InChI=1S/C18H21NO7/c1-2-3-10-6-9-4-5-11(7-12(9)25-17(10)23)19-14-16(22)15(21)13(8-20)26-18(14)24/h2-7,13-16,18-22,24H,8H2,1H3/b3-2+/t13?,14-,15+,16?,18?/m0/s1. The second-order valence-corrected chi connectivity index (χ2v) is 6.14. The van der Waals surface area contributed by atoms with Gasteiger partial charge in [-0.25, -0.2) is 4.79 Å². The molecule has 1 saturated heterocycles. The molecule has 3 unspecified atom stereocenters. The van der Waals surface area contributed by atoms with Crippen molar-refractivity contribution in [3.05, 3.63) is 46.3 Å². The lowest BCUT2D eigenvalue weighted by Gasteiger charge is -2.40. The van der Waals surface area contributed by atoms with Gasteiger partial charge in [-0.3, -0.25) is 0 Å². The van der Waals surface area contributed by atoms with Crippen LogP contribution in [-0.4, -0.2) is 57.7 Å². The molecular formula is C18H21NO7. The molecular weight excluding hydrogens is 342 g/mol. The number of rotatable bonds is 4. The van der Waals surface area contributed by atoms with Gasteiger partial charge in [0.25, 0.3) is 0 Å². The summed E-state index contributed by atoms with van der Waals surface area (Å²) in [5, 5.41) is 42.8. The van der Waals surface area contributed by atoms with Crippen molar-refractivity contribution in [2.45, 2.75) is 37.6 Å². The average Bonchev–Trinajstić information content (AvgIpc) is 2.62. The van der Waals surface area contributed by atoms with Gasteiger partial charge in [-0.15, -0.1) is 0 Å². The topological polar surface area (TPSA) is 132 Å². The third kappa shape index (κ3) is 3.50. The Labute approximate surface area is 149 Å². The zero-order chi connectivity index (χ0) is 18.8. The van der Waals surface area contributed by atoms with Crippen LogP contribution >= 0.6 is 0 Å². The van der Waals surface area contributed by atoms with Crippen molar-refractivity contribution >= 4 is 22.7 Å². The molecule has 2 aromatic rings. The van der Waals surface area contributed by atoms with Crippen LogP contribution in [0.4, 0.5) is 5.69 Å². The van der Waals surface area contributed by atoms with Crippen LogP contribution < -0.4 is 10.9 Å². The Kier molecular flexibility index (Phi) is 5.40. The van der Waals surface area contributed by atoms with E-state index in [1.54, 1.807) is 43.3 Å². The van der Waals surface area contributed by atoms with Gasteiger partial charge in [0, 0.05) is 17.1 Å². The Morgan fingerprint density at radius 1 is 1.19 bits per heavy atom. The fourth-order valence-corrected chi connectivity index (χ4v) is 2.96. The van der Waals surface area contributed by atoms with E-state index in [9.17, 15) is 20.1 Å². The minimum Gasteiger partial charge on any atom is -0.422 e. The van der Waals surface area contributed by atoms with E-state index in [2.05, 4.69) is 5.32 Å². The van der Waals surface area contributed by atoms with Crippen molar-refractivity contribution < 1.29 is 29.6 Å². The molecule has 1 aliphatic rings. The lowest BCUT2D eigenvalue weighted by molar-refractivity contribution is -0.245. The molecule has 26 heavy (non-hydrogen) atoms. The van der Waals surface area contributed by atoms with Crippen molar-refractivity contribution in [1.82, 2.24) is 0 Å². The highest BCUT2D eigenvalue weighted by atomic mass is 16.6. The van der Waals surface area contributed by atoms with E-state index in [0.29, 0.717) is 22.2 Å². The number of anilines is 1. The van der Waals surface area contributed by atoms with Gasteiger partial charge in [0.2, 0.25) is 0 Å². The number of hydrogen-bond acceptors (Lipinski definition) is 8. The highest BCUT2D eigenvalue weighted by Crippen LogP contribution is 2.25. The van der Waals surface area contributed by atoms with Crippen LogP contribution in [0, 0.1) is 0 Å². The van der Waals surface area contributed by atoms with E-state index in [0.717, 1.165) is 0 Å². The summed E-state index contributed by atoms with van der Waals surface area (Å²) in [4.78, 5) is 11.9. The molecule has 3 rings (SSSR count). The zero-order valence-electron chi connectivity index (χ0n) is 14.1. The summed E-state index contributed by atoms with van der Waals surface area (Å²) in [7, 11) is 0. The number of nitrogens with one attached hydrogen (secondary N) is 1. The normalized spacial score (nSPS) is 29.3. The van der Waals surface area contributed by atoms with E-state index < -0.39 is 42.9 Å². The molecule has 1 fully saturated rings. The van der Waals surface area contributed by atoms with Crippen LogP contribution in [0.25, 0.3) is 17.0 Å². The number of allylic oxidation sites excluding steroid dienone is 1. The maximum Gasteiger partial charge on any atom is 0.343 e. The predicted molar refractivity (Wildman–Crippen MR) is 94.6 cm³/mol. The van der Waals surface area contributed by atoms with Gasteiger partial charge in [-0.2, -0.15) is 0 Å². The van der Waals surface area contributed by atoms with Gasteiger partial charge in [-0.1, -0.05) is 12.2 Å². The second-order valence-electron chi connectivity index (χ2n) is 6.14. The van der Waals surface area contributed by atoms with E-state index in [-0.39, 0.29) is 0 Å². The molecule has 8 heteroatoms. The summed E-state index contributed by atoms with van der Waals surface area (Å²) >= 11 is 0. The first-order valence-corrected chi connectivity index (χ1v) is 8.22. The number of ether oxygens (including phenoxy) is 1. The number of fused-ring (bicyclic) bond motifs is 1. The zero-order valence-corrected chi connectivity index (χ0v) is 14.1. The lowest BCUT2D eigenvalue weighted by Crippen LogP contribution is -2.61. The SMILES string of the molecule is C/C=C/c1cc2ccc(N[C@@H]3C(O)OC(CO)[C@@H](O)C3O)cc2oc1=O. The van der Waals surface area contributed by atoms with Crippen molar-refractivity contribution in [1.29, 1.82) is 0 Å². The van der Waals surface area contributed by atoms with E-state index >= 15 is 0 Å². The minimum atomic E-state index is -1.44. The van der Waals surface area contributed by atoms with E-state index in [1.165, 1.54) is 0 Å². The molecule has 0 radical (unpaired) electrons. The highest BCUT2D eigenvalue weighted by Gasteiger charge is 2.43. The van der Waals surface area contributed by atoms with Crippen LogP contribution in [0.3, 0.4) is 0 Å². The number of benzene rings is 1. The van der Waals surface area contributed by atoms with Gasteiger partial charge in [0.05, 0.1) is 12.2 Å². The first-order chi connectivity index (χ1) is 12.4. The Morgan fingerprint density at radius 3 is 2.65 bits per heavy atom. The Bertz CT molecular complexity index is 862. The molecule has 2 heterocycles. The summed E-state index contributed by atoms with van der Waals surface area (Å²) < 4.78 is 10.4. The van der Waals surface area contributed by atoms with E-state index in [4.69, 9.17) is 14.3 Å². The smallest absolute Gasteiger partial charge is 0.343 e. The highest BCUT2D eigenvalue weighted by molar-refractivity contribution is 5.82. The molecule has 1 aliphatic heterocycles. The molecule has 0 spiro atoms. The molecule has 8 nitrogen and oxygen atoms in total. The van der Waals surface area contributed by atoms with Crippen molar-refractivity contribution in [3.8, 4) is 0 Å². The maximum atomic E-state index is 11.9. The van der Waals surface area contributed by atoms with Crippen molar-refractivity contribution in [2.75, 3.05) is 11.9 Å². The molecule has 1 aromatic carbocycles. The van der Waals surface area contributed by atoms with Crippen molar-refractivity contribution in [3.63, 3.8) is 0 Å². The third-order valence-electron chi connectivity index (χ3n) is 4.34. The van der Waals surface area contributed by atoms with Crippen LogP contribution in [0.15, 0.2) is 39.6 Å². The second kappa shape index (κ2) is 7.56. The molecule has 5 atom stereocenters. The third-order valence-corrected chi connectivity index (χ3v) is 4.34. The Balaban J connectivity index is 1.87. The lowest BCUT2D eigenvalue weighted by atomic mass is 9.97. The molecule has 5 N–H and O–H groups in total. The predicted octanol–water partition coefficient (Wildman–Crippen LogP) is 0.0379. The quantitative estimate of drug-likeness (QED) is 0.481. The van der Waals surface area contributed by atoms with Crippen LogP contribution in [0.5, 0.6) is 0 Å². The van der Waals surface area contributed by atoms with Gasteiger partial charge in [0.1, 0.15) is 29.9 Å². The molecule has 0 aliphatic carbocycles. The summed E-state index contributed by atoms with van der Waals surface area (Å²) in [6, 6.07) is 5.64. The average molecular weight is 363 g/mol. The van der Waals surface area contributed by atoms with Crippen LogP contribution in [0.2, 0.25) is 0 Å². The van der Waals surface area contributed by atoms with Gasteiger partial charge in [-0.05, 0) is 25.1 Å². The fraction of sp³-hybridized carbons (Fsp3) is 0.389. The summed E-state index contributed by atoms with van der Waals surface area (Å²) in [6.45, 7) is 1.27. The maximum absolute atomic E-state index is 11.9. The minimum absolute atomic E-state index is 0.336. The molecule has 0 bridgehead atoms. The Hall–Kier alpha value is -2.23.